The topological polar surface area (TPSA) is 26.3 Å². The molecule has 0 amide bonds. The normalized spacial score (nSPS) is 18.0. The molecular formula is C20H17FO2. The van der Waals surface area contributed by atoms with Gasteiger partial charge in [-0.05, 0) is 54.0 Å². The van der Waals surface area contributed by atoms with Gasteiger partial charge in [-0.1, -0.05) is 36.4 Å². The Hall–Kier alpha value is -2.52. The molecule has 1 aliphatic rings. The Bertz CT molecular complexity index is 772. The highest BCUT2D eigenvalue weighted by atomic mass is 19.1. The van der Waals surface area contributed by atoms with Gasteiger partial charge in [-0.2, -0.15) is 0 Å². The fourth-order valence-electron chi connectivity index (χ4n) is 2.68. The SMILES string of the molecule is CCO[C@H]1C=Cc2ccccc2/C1=C/C(=O)c1ccc(F)cc1. The van der Waals surface area contributed by atoms with Gasteiger partial charge in [0.15, 0.2) is 5.78 Å². The maximum atomic E-state index is 13.0. The van der Waals surface area contributed by atoms with E-state index in [9.17, 15) is 9.18 Å². The molecular weight excluding hydrogens is 291 g/mol. The Kier molecular flexibility index (Phi) is 4.49. The summed E-state index contributed by atoms with van der Waals surface area (Å²) < 4.78 is 18.8. The molecule has 0 aromatic heterocycles. The maximum Gasteiger partial charge on any atom is 0.186 e. The van der Waals surface area contributed by atoms with Gasteiger partial charge in [-0.25, -0.2) is 4.39 Å². The summed E-state index contributed by atoms with van der Waals surface area (Å²) in [4.78, 5) is 12.5. The molecule has 3 heteroatoms. The number of halogens is 1. The third kappa shape index (κ3) is 3.30. The Morgan fingerprint density at radius 1 is 1.17 bits per heavy atom. The number of allylic oxidation sites excluding steroid dienone is 1. The van der Waals surface area contributed by atoms with E-state index in [0.717, 1.165) is 16.7 Å². The Balaban J connectivity index is 2.01. The third-order valence-electron chi connectivity index (χ3n) is 3.79. The van der Waals surface area contributed by atoms with E-state index in [-0.39, 0.29) is 17.7 Å². The molecule has 0 N–H and O–H groups in total. The number of fused-ring (bicyclic) bond motifs is 1. The minimum absolute atomic E-state index is 0.158. The lowest BCUT2D eigenvalue weighted by Gasteiger charge is -2.23. The molecule has 0 aliphatic heterocycles. The molecule has 0 saturated carbocycles. The molecule has 23 heavy (non-hydrogen) atoms. The van der Waals surface area contributed by atoms with Gasteiger partial charge in [-0.15, -0.1) is 0 Å². The first-order valence-electron chi connectivity index (χ1n) is 7.59. The van der Waals surface area contributed by atoms with Crippen LogP contribution in [0.15, 0.2) is 60.7 Å². The third-order valence-corrected chi connectivity index (χ3v) is 3.79. The van der Waals surface area contributed by atoms with Crippen molar-refractivity contribution in [2.24, 2.45) is 0 Å². The first kappa shape index (κ1) is 15.4. The Morgan fingerprint density at radius 3 is 2.65 bits per heavy atom. The van der Waals surface area contributed by atoms with Crippen molar-refractivity contribution < 1.29 is 13.9 Å². The summed E-state index contributed by atoms with van der Waals surface area (Å²) in [6.45, 7) is 2.48. The van der Waals surface area contributed by atoms with E-state index in [1.54, 1.807) is 6.08 Å². The first-order chi connectivity index (χ1) is 11.2. The van der Waals surface area contributed by atoms with E-state index in [0.29, 0.717) is 12.2 Å². The summed E-state index contributed by atoms with van der Waals surface area (Å²) in [7, 11) is 0. The summed E-state index contributed by atoms with van der Waals surface area (Å²) >= 11 is 0. The monoisotopic (exact) mass is 308 g/mol. The molecule has 0 spiro atoms. The molecule has 1 aliphatic carbocycles. The lowest BCUT2D eigenvalue weighted by molar-refractivity contribution is 0.104. The molecule has 3 rings (SSSR count). The van der Waals surface area contributed by atoms with Crippen molar-refractivity contribution in [1.29, 1.82) is 0 Å². The number of benzene rings is 2. The molecule has 2 nitrogen and oxygen atoms in total. The molecule has 0 unspecified atom stereocenters. The highest BCUT2D eigenvalue weighted by Crippen LogP contribution is 2.31. The van der Waals surface area contributed by atoms with Gasteiger partial charge in [-0.3, -0.25) is 4.79 Å². The van der Waals surface area contributed by atoms with Crippen molar-refractivity contribution >= 4 is 17.4 Å². The number of hydrogen-bond donors (Lipinski definition) is 0. The van der Waals surface area contributed by atoms with Gasteiger partial charge in [0.25, 0.3) is 0 Å². The van der Waals surface area contributed by atoms with E-state index in [2.05, 4.69) is 0 Å². The van der Waals surface area contributed by atoms with Crippen molar-refractivity contribution in [2.45, 2.75) is 13.0 Å². The van der Waals surface area contributed by atoms with Crippen LogP contribution in [0, 0.1) is 5.82 Å². The fraction of sp³-hybridized carbons (Fsp3) is 0.150. The van der Waals surface area contributed by atoms with Crippen molar-refractivity contribution in [3.05, 3.63) is 83.2 Å². The van der Waals surface area contributed by atoms with Crippen molar-refractivity contribution in [3.63, 3.8) is 0 Å². The zero-order valence-electron chi connectivity index (χ0n) is 12.8. The van der Waals surface area contributed by atoms with Crippen molar-refractivity contribution in [1.82, 2.24) is 0 Å². The average Bonchev–Trinajstić information content (AvgIpc) is 2.57. The second-order valence-electron chi connectivity index (χ2n) is 5.29. The van der Waals surface area contributed by atoms with Crippen LogP contribution in [0.1, 0.15) is 28.4 Å². The van der Waals surface area contributed by atoms with Gasteiger partial charge < -0.3 is 4.74 Å². The second kappa shape index (κ2) is 6.71. The molecule has 0 saturated heterocycles. The minimum Gasteiger partial charge on any atom is -0.370 e. The van der Waals surface area contributed by atoms with Crippen LogP contribution in [0.3, 0.4) is 0 Å². The van der Waals surface area contributed by atoms with Crippen LogP contribution in [0.5, 0.6) is 0 Å². The van der Waals surface area contributed by atoms with Gasteiger partial charge in [0.2, 0.25) is 0 Å². The van der Waals surface area contributed by atoms with Crippen LogP contribution in [0.2, 0.25) is 0 Å². The van der Waals surface area contributed by atoms with E-state index < -0.39 is 0 Å². The summed E-state index contributed by atoms with van der Waals surface area (Å²) in [5, 5.41) is 0. The van der Waals surface area contributed by atoms with Crippen molar-refractivity contribution in [2.75, 3.05) is 6.61 Å². The fourth-order valence-corrected chi connectivity index (χ4v) is 2.68. The summed E-state index contributed by atoms with van der Waals surface area (Å²) in [5.41, 5.74) is 3.34. The quantitative estimate of drug-likeness (QED) is 0.613. The Labute approximate surface area is 134 Å². The molecule has 0 bridgehead atoms. The lowest BCUT2D eigenvalue weighted by atomic mass is 9.89. The number of hydrogen-bond acceptors (Lipinski definition) is 2. The predicted molar refractivity (Wildman–Crippen MR) is 89.6 cm³/mol. The average molecular weight is 308 g/mol. The zero-order valence-corrected chi connectivity index (χ0v) is 12.8. The smallest absolute Gasteiger partial charge is 0.186 e. The lowest BCUT2D eigenvalue weighted by Crippen LogP contribution is -2.17. The summed E-state index contributed by atoms with van der Waals surface area (Å²) in [6, 6.07) is 13.5. The van der Waals surface area contributed by atoms with Crippen molar-refractivity contribution in [3.8, 4) is 0 Å². The molecule has 116 valence electrons. The molecule has 0 fully saturated rings. The summed E-state index contributed by atoms with van der Waals surface area (Å²) in [6.07, 6.45) is 5.31. The van der Waals surface area contributed by atoms with Crippen LogP contribution >= 0.6 is 0 Å². The molecule has 0 radical (unpaired) electrons. The zero-order chi connectivity index (χ0) is 16.2. The molecule has 2 aromatic carbocycles. The number of carbonyl (C=O) groups excluding carboxylic acids is 1. The second-order valence-corrected chi connectivity index (χ2v) is 5.29. The van der Waals surface area contributed by atoms with Crippen LogP contribution in [0.4, 0.5) is 4.39 Å². The standard InChI is InChI=1S/C20H17FO2/c1-2-23-20-12-9-14-5-3-4-6-17(14)18(20)13-19(22)15-7-10-16(21)11-8-15/h3-13,20H,2H2,1H3/b18-13-/t20-/m0/s1. The van der Waals surface area contributed by atoms with E-state index >= 15 is 0 Å². The van der Waals surface area contributed by atoms with E-state index in [1.807, 2.05) is 43.3 Å². The largest absolute Gasteiger partial charge is 0.370 e. The van der Waals surface area contributed by atoms with Crippen LogP contribution in [-0.4, -0.2) is 18.5 Å². The number of ether oxygens (including phenoxy) is 1. The number of carbonyl (C=O) groups is 1. The molecule has 2 aromatic rings. The van der Waals surface area contributed by atoms with Crippen LogP contribution in [0.25, 0.3) is 11.6 Å². The maximum absolute atomic E-state index is 13.0. The van der Waals surface area contributed by atoms with Gasteiger partial charge in [0, 0.05) is 12.2 Å². The molecule has 1 atom stereocenters. The summed E-state index contributed by atoms with van der Waals surface area (Å²) in [5.74, 6) is -0.512. The number of ketones is 1. The first-order valence-corrected chi connectivity index (χ1v) is 7.59. The minimum atomic E-state index is -0.354. The van der Waals surface area contributed by atoms with Gasteiger partial charge in [0.05, 0.1) is 0 Å². The molecule has 0 heterocycles. The number of rotatable bonds is 4. The van der Waals surface area contributed by atoms with Crippen LogP contribution < -0.4 is 0 Å². The van der Waals surface area contributed by atoms with Gasteiger partial charge in [0.1, 0.15) is 11.9 Å². The van der Waals surface area contributed by atoms with E-state index in [1.165, 1.54) is 24.3 Å². The van der Waals surface area contributed by atoms with Crippen LogP contribution in [-0.2, 0) is 4.74 Å². The van der Waals surface area contributed by atoms with E-state index in [4.69, 9.17) is 4.74 Å². The highest BCUT2D eigenvalue weighted by Gasteiger charge is 2.21. The Morgan fingerprint density at radius 2 is 1.91 bits per heavy atom. The van der Waals surface area contributed by atoms with Gasteiger partial charge >= 0.3 is 0 Å². The highest BCUT2D eigenvalue weighted by molar-refractivity contribution is 6.09. The predicted octanol–water partition coefficient (Wildman–Crippen LogP) is 4.52.